The predicted molar refractivity (Wildman–Crippen MR) is 73.4 cm³/mol. The van der Waals surface area contributed by atoms with Crippen LogP contribution < -0.4 is 0 Å². The minimum absolute atomic E-state index is 0.0863. The zero-order valence-corrected chi connectivity index (χ0v) is 12.2. The smallest absolute Gasteiger partial charge is 0.282 e. The van der Waals surface area contributed by atoms with Crippen LogP contribution in [-0.4, -0.2) is 49.5 Å². The minimum Gasteiger partial charge on any atom is -0.293 e. The van der Waals surface area contributed by atoms with E-state index in [0.717, 1.165) is 11.1 Å². The van der Waals surface area contributed by atoms with E-state index in [1.807, 2.05) is 32.0 Å². The summed E-state index contributed by atoms with van der Waals surface area (Å²) < 4.78 is 26.3. The zero-order chi connectivity index (χ0) is 14.2. The molecular formula is C13H18N2O3S. The Kier molecular flexibility index (Phi) is 3.75. The number of benzene rings is 1. The molecular weight excluding hydrogens is 264 g/mol. The maximum atomic E-state index is 12.2. The standard InChI is InChI=1S/C13H18N2O3S/c1-10-4-5-11(2)12(8-10)13(16)9-15-7-6-14(3)19(15,17)18/h4-5,8H,6-7,9H2,1-3H3. The van der Waals surface area contributed by atoms with Gasteiger partial charge in [0.25, 0.3) is 10.2 Å². The number of nitrogens with zero attached hydrogens (tertiary/aromatic N) is 2. The van der Waals surface area contributed by atoms with Gasteiger partial charge in [-0.15, -0.1) is 0 Å². The maximum Gasteiger partial charge on any atom is 0.282 e. The van der Waals surface area contributed by atoms with Crippen molar-refractivity contribution in [1.82, 2.24) is 8.61 Å². The zero-order valence-electron chi connectivity index (χ0n) is 11.4. The molecule has 1 saturated heterocycles. The lowest BCUT2D eigenvalue weighted by Crippen LogP contribution is -2.35. The van der Waals surface area contributed by atoms with Gasteiger partial charge in [-0.1, -0.05) is 17.7 Å². The van der Waals surface area contributed by atoms with Gasteiger partial charge in [0, 0.05) is 25.7 Å². The van der Waals surface area contributed by atoms with E-state index < -0.39 is 10.2 Å². The van der Waals surface area contributed by atoms with Gasteiger partial charge in [-0.2, -0.15) is 17.0 Å². The molecule has 0 spiro atoms. The van der Waals surface area contributed by atoms with Crippen molar-refractivity contribution >= 4 is 16.0 Å². The summed E-state index contributed by atoms with van der Waals surface area (Å²) in [4.78, 5) is 12.2. The second kappa shape index (κ2) is 5.03. The third kappa shape index (κ3) is 2.70. The monoisotopic (exact) mass is 282 g/mol. The molecule has 104 valence electrons. The van der Waals surface area contributed by atoms with Gasteiger partial charge in [0.15, 0.2) is 5.78 Å². The second-order valence-corrected chi connectivity index (χ2v) is 6.94. The summed E-state index contributed by atoms with van der Waals surface area (Å²) in [5.41, 5.74) is 2.47. The maximum absolute atomic E-state index is 12.2. The average molecular weight is 282 g/mol. The lowest BCUT2D eigenvalue weighted by molar-refractivity contribution is 0.0969. The van der Waals surface area contributed by atoms with Crippen molar-refractivity contribution in [2.45, 2.75) is 13.8 Å². The van der Waals surface area contributed by atoms with Gasteiger partial charge < -0.3 is 0 Å². The molecule has 0 aromatic heterocycles. The van der Waals surface area contributed by atoms with Crippen LogP contribution in [0.5, 0.6) is 0 Å². The summed E-state index contributed by atoms with van der Waals surface area (Å²) in [6, 6.07) is 5.63. The Hall–Kier alpha value is -1.24. The van der Waals surface area contributed by atoms with Crippen LogP contribution in [0.15, 0.2) is 18.2 Å². The highest BCUT2D eigenvalue weighted by Crippen LogP contribution is 2.17. The average Bonchev–Trinajstić information content (AvgIpc) is 2.59. The van der Waals surface area contributed by atoms with Gasteiger partial charge in [-0.3, -0.25) is 4.79 Å². The molecule has 0 saturated carbocycles. The Bertz CT molecular complexity index is 610. The van der Waals surface area contributed by atoms with Crippen molar-refractivity contribution in [3.8, 4) is 0 Å². The van der Waals surface area contributed by atoms with Crippen molar-refractivity contribution in [3.63, 3.8) is 0 Å². The number of Topliss-reactive ketones (excluding diaryl/α,β-unsaturated/α-hetero) is 1. The van der Waals surface area contributed by atoms with Gasteiger partial charge in [0.2, 0.25) is 0 Å². The predicted octanol–water partition coefficient (Wildman–Crippen LogP) is 0.978. The lowest BCUT2D eigenvalue weighted by Gasteiger charge is -2.15. The molecule has 1 heterocycles. The molecule has 0 bridgehead atoms. The third-order valence-corrected chi connectivity index (χ3v) is 5.33. The molecule has 0 atom stereocenters. The highest BCUT2D eigenvalue weighted by molar-refractivity contribution is 7.87. The van der Waals surface area contributed by atoms with Gasteiger partial charge >= 0.3 is 0 Å². The van der Waals surface area contributed by atoms with Crippen LogP contribution in [-0.2, 0) is 10.2 Å². The fraction of sp³-hybridized carbons (Fsp3) is 0.462. The number of aryl methyl sites for hydroxylation is 2. The van der Waals surface area contributed by atoms with E-state index in [0.29, 0.717) is 18.7 Å². The van der Waals surface area contributed by atoms with E-state index in [2.05, 4.69) is 0 Å². The van der Waals surface area contributed by atoms with Gasteiger partial charge in [-0.25, -0.2) is 0 Å². The summed E-state index contributed by atoms with van der Waals surface area (Å²) >= 11 is 0. The van der Waals surface area contributed by atoms with E-state index in [9.17, 15) is 13.2 Å². The van der Waals surface area contributed by atoms with E-state index in [1.165, 1.54) is 15.7 Å². The van der Waals surface area contributed by atoms with Crippen LogP contribution in [0.1, 0.15) is 21.5 Å². The molecule has 6 heteroatoms. The SMILES string of the molecule is Cc1ccc(C)c(C(=O)CN2CCN(C)S2(=O)=O)c1. The van der Waals surface area contributed by atoms with Crippen molar-refractivity contribution in [1.29, 1.82) is 0 Å². The quantitative estimate of drug-likeness (QED) is 0.777. The van der Waals surface area contributed by atoms with Crippen LogP contribution in [0.25, 0.3) is 0 Å². The van der Waals surface area contributed by atoms with E-state index >= 15 is 0 Å². The minimum atomic E-state index is -3.45. The van der Waals surface area contributed by atoms with Crippen LogP contribution in [0.4, 0.5) is 0 Å². The first-order chi connectivity index (χ1) is 8.82. The summed E-state index contributed by atoms with van der Waals surface area (Å²) in [7, 11) is -1.92. The summed E-state index contributed by atoms with van der Waals surface area (Å²) in [5, 5.41) is 0. The number of ketones is 1. The van der Waals surface area contributed by atoms with Gasteiger partial charge in [-0.05, 0) is 25.5 Å². The number of carbonyl (C=O) groups excluding carboxylic acids is 1. The molecule has 19 heavy (non-hydrogen) atoms. The molecule has 5 nitrogen and oxygen atoms in total. The summed E-state index contributed by atoms with van der Waals surface area (Å²) in [6.45, 7) is 4.49. The lowest BCUT2D eigenvalue weighted by atomic mass is 10.0. The van der Waals surface area contributed by atoms with E-state index in [4.69, 9.17) is 0 Å². The van der Waals surface area contributed by atoms with Crippen molar-refractivity contribution in [2.24, 2.45) is 0 Å². The molecule has 1 aromatic carbocycles. The number of carbonyl (C=O) groups is 1. The number of hydrogen-bond acceptors (Lipinski definition) is 3. The van der Waals surface area contributed by atoms with Crippen molar-refractivity contribution in [2.75, 3.05) is 26.7 Å². The molecule has 0 N–H and O–H groups in total. The largest absolute Gasteiger partial charge is 0.293 e. The topological polar surface area (TPSA) is 57.7 Å². The molecule has 1 fully saturated rings. The van der Waals surface area contributed by atoms with Gasteiger partial charge in [0.05, 0.1) is 6.54 Å². The second-order valence-electron chi connectivity index (χ2n) is 4.90. The Morgan fingerprint density at radius 1 is 1.26 bits per heavy atom. The van der Waals surface area contributed by atoms with Crippen LogP contribution in [0.3, 0.4) is 0 Å². The third-order valence-electron chi connectivity index (χ3n) is 3.40. The first kappa shape index (κ1) is 14.2. The molecule has 1 aliphatic rings. The Morgan fingerprint density at radius 3 is 2.53 bits per heavy atom. The highest BCUT2D eigenvalue weighted by atomic mass is 32.2. The molecule has 1 aliphatic heterocycles. The Labute approximate surface area is 114 Å². The van der Waals surface area contributed by atoms with Crippen LogP contribution in [0, 0.1) is 13.8 Å². The molecule has 2 rings (SSSR count). The summed E-state index contributed by atoms with van der Waals surface area (Å²) in [6.07, 6.45) is 0. The normalized spacial score (nSPS) is 19.7. The van der Waals surface area contributed by atoms with Gasteiger partial charge in [0.1, 0.15) is 0 Å². The molecule has 0 aliphatic carbocycles. The van der Waals surface area contributed by atoms with Crippen LogP contribution in [0.2, 0.25) is 0 Å². The van der Waals surface area contributed by atoms with E-state index in [1.54, 1.807) is 0 Å². The summed E-state index contributed by atoms with van der Waals surface area (Å²) in [5.74, 6) is -0.153. The fourth-order valence-electron chi connectivity index (χ4n) is 2.12. The van der Waals surface area contributed by atoms with Crippen molar-refractivity contribution < 1.29 is 13.2 Å². The Balaban J connectivity index is 2.21. The van der Waals surface area contributed by atoms with Crippen LogP contribution >= 0.6 is 0 Å². The number of rotatable bonds is 3. The molecule has 0 amide bonds. The molecule has 0 radical (unpaired) electrons. The van der Waals surface area contributed by atoms with E-state index in [-0.39, 0.29) is 12.3 Å². The Morgan fingerprint density at radius 2 is 1.95 bits per heavy atom. The number of likely N-dealkylation sites (N-methyl/N-ethyl adjacent to an activating group) is 1. The molecule has 1 aromatic rings. The highest BCUT2D eigenvalue weighted by Gasteiger charge is 2.35. The molecule has 0 unspecified atom stereocenters. The van der Waals surface area contributed by atoms with Crippen molar-refractivity contribution in [3.05, 3.63) is 34.9 Å². The fourth-order valence-corrected chi connectivity index (χ4v) is 3.42. The number of hydrogen-bond donors (Lipinski definition) is 0. The first-order valence-electron chi connectivity index (χ1n) is 6.14. The first-order valence-corrected chi connectivity index (χ1v) is 7.54.